The van der Waals surface area contributed by atoms with Gasteiger partial charge in [0.2, 0.25) is 11.8 Å². The zero-order chi connectivity index (χ0) is 16.9. The summed E-state index contributed by atoms with van der Waals surface area (Å²) in [6, 6.07) is 8.21. The van der Waals surface area contributed by atoms with Gasteiger partial charge in [-0.1, -0.05) is 24.3 Å². The Bertz CT molecular complexity index is 577. The number of hydrogen-bond acceptors (Lipinski definition) is 3. The topological polar surface area (TPSA) is 52.7 Å². The van der Waals surface area contributed by atoms with Crippen LogP contribution in [0.1, 0.15) is 36.8 Å². The van der Waals surface area contributed by atoms with Crippen molar-refractivity contribution in [3.8, 4) is 0 Å². The van der Waals surface area contributed by atoms with E-state index in [1.165, 1.54) is 0 Å². The Labute approximate surface area is 144 Å². The number of carbonyl (C=O) groups is 2. The first-order valence-corrected chi connectivity index (χ1v) is 8.93. The third kappa shape index (κ3) is 4.35. The molecule has 5 nitrogen and oxygen atoms in total. The third-order valence-corrected chi connectivity index (χ3v) is 5.12. The SMILES string of the molecule is CN1CCC(C(=O)NCc2ccc(CN3CCCC3=O)cc2)CC1. The minimum Gasteiger partial charge on any atom is -0.352 e. The summed E-state index contributed by atoms with van der Waals surface area (Å²) in [5, 5.41) is 3.06. The normalized spacial score (nSPS) is 19.7. The van der Waals surface area contributed by atoms with E-state index >= 15 is 0 Å². The lowest BCUT2D eigenvalue weighted by Gasteiger charge is -2.28. The molecule has 2 aliphatic heterocycles. The maximum atomic E-state index is 12.2. The van der Waals surface area contributed by atoms with Crippen LogP contribution in [0.5, 0.6) is 0 Å². The molecule has 24 heavy (non-hydrogen) atoms. The van der Waals surface area contributed by atoms with E-state index in [1.54, 1.807) is 0 Å². The second-order valence-electron chi connectivity index (χ2n) is 7.03. The van der Waals surface area contributed by atoms with Crippen LogP contribution in [-0.2, 0) is 22.7 Å². The number of amides is 2. The van der Waals surface area contributed by atoms with Crippen LogP contribution in [0.4, 0.5) is 0 Å². The molecule has 0 saturated carbocycles. The largest absolute Gasteiger partial charge is 0.352 e. The van der Waals surface area contributed by atoms with Crippen molar-refractivity contribution in [3.63, 3.8) is 0 Å². The molecule has 2 fully saturated rings. The highest BCUT2D eigenvalue weighted by Gasteiger charge is 2.23. The van der Waals surface area contributed by atoms with Crippen LogP contribution in [0.3, 0.4) is 0 Å². The van der Waals surface area contributed by atoms with Crippen molar-refractivity contribution in [3.05, 3.63) is 35.4 Å². The molecule has 2 aliphatic rings. The van der Waals surface area contributed by atoms with E-state index in [0.29, 0.717) is 19.5 Å². The molecule has 1 N–H and O–H groups in total. The number of rotatable bonds is 5. The second kappa shape index (κ2) is 7.79. The Balaban J connectivity index is 1.45. The summed E-state index contributed by atoms with van der Waals surface area (Å²) in [7, 11) is 2.10. The van der Waals surface area contributed by atoms with Crippen LogP contribution < -0.4 is 5.32 Å². The van der Waals surface area contributed by atoms with Crippen molar-refractivity contribution >= 4 is 11.8 Å². The number of likely N-dealkylation sites (tertiary alicyclic amines) is 2. The predicted molar refractivity (Wildman–Crippen MR) is 93.2 cm³/mol. The number of benzene rings is 1. The van der Waals surface area contributed by atoms with Crippen molar-refractivity contribution in [1.29, 1.82) is 0 Å². The Kier molecular flexibility index (Phi) is 5.51. The summed E-state index contributed by atoms with van der Waals surface area (Å²) in [6.45, 7) is 4.15. The molecule has 1 aromatic rings. The van der Waals surface area contributed by atoms with E-state index in [2.05, 4.69) is 29.4 Å². The van der Waals surface area contributed by atoms with Gasteiger partial charge in [-0.2, -0.15) is 0 Å². The fraction of sp³-hybridized carbons (Fsp3) is 0.579. The molecule has 0 atom stereocenters. The molecular formula is C19H27N3O2. The Morgan fingerprint density at radius 2 is 1.79 bits per heavy atom. The monoisotopic (exact) mass is 329 g/mol. The predicted octanol–water partition coefficient (Wildman–Crippen LogP) is 1.77. The Hall–Kier alpha value is -1.88. The van der Waals surface area contributed by atoms with Crippen LogP contribution in [-0.4, -0.2) is 48.3 Å². The molecule has 0 radical (unpaired) electrons. The molecular weight excluding hydrogens is 302 g/mol. The van der Waals surface area contributed by atoms with Crippen molar-refractivity contribution in [1.82, 2.24) is 15.1 Å². The fourth-order valence-electron chi connectivity index (χ4n) is 3.46. The molecule has 0 unspecified atom stereocenters. The van der Waals surface area contributed by atoms with Crippen LogP contribution in [0, 0.1) is 5.92 Å². The van der Waals surface area contributed by atoms with Crippen LogP contribution >= 0.6 is 0 Å². The summed E-state index contributed by atoms with van der Waals surface area (Å²) in [5.41, 5.74) is 2.25. The van der Waals surface area contributed by atoms with Gasteiger partial charge < -0.3 is 15.1 Å². The van der Waals surface area contributed by atoms with Gasteiger partial charge in [-0.25, -0.2) is 0 Å². The molecule has 0 aromatic heterocycles. The highest BCUT2D eigenvalue weighted by Crippen LogP contribution is 2.17. The Morgan fingerprint density at radius 1 is 1.12 bits per heavy atom. The van der Waals surface area contributed by atoms with E-state index in [-0.39, 0.29) is 17.7 Å². The first-order chi connectivity index (χ1) is 11.6. The summed E-state index contributed by atoms with van der Waals surface area (Å²) < 4.78 is 0. The lowest BCUT2D eigenvalue weighted by molar-refractivity contribution is -0.128. The molecule has 2 amide bonds. The van der Waals surface area contributed by atoms with Crippen LogP contribution in [0.15, 0.2) is 24.3 Å². The maximum Gasteiger partial charge on any atom is 0.223 e. The van der Waals surface area contributed by atoms with Gasteiger partial charge in [0, 0.05) is 32.0 Å². The third-order valence-electron chi connectivity index (χ3n) is 5.12. The average molecular weight is 329 g/mol. The smallest absolute Gasteiger partial charge is 0.223 e. The minimum atomic E-state index is 0.154. The molecule has 2 saturated heterocycles. The molecule has 1 aromatic carbocycles. The van der Waals surface area contributed by atoms with E-state index in [4.69, 9.17) is 0 Å². The molecule has 0 bridgehead atoms. The molecule has 5 heteroatoms. The van der Waals surface area contributed by atoms with Gasteiger partial charge >= 0.3 is 0 Å². The quantitative estimate of drug-likeness (QED) is 0.896. The summed E-state index contributed by atoms with van der Waals surface area (Å²) in [5.74, 6) is 0.584. The first-order valence-electron chi connectivity index (χ1n) is 8.93. The zero-order valence-electron chi connectivity index (χ0n) is 14.5. The fourth-order valence-corrected chi connectivity index (χ4v) is 3.46. The highest BCUT2D eigenvalue weighted by molar-refractivity contribution is 5.79. The van der Waals surface area contributed by atoms with Crippen molar-refractivity contribution in [2.24, 2.45) is 5.92 Å². The molecule has 0 spiro atoms. The van der Waals surface area contributed by atoms with Gasteiger partial charge in [0.05, 0.1) is 0 Å². The van der Waals surface area contributed by atoms with Crippen molar-refractivity contribution < 1.29 is 9.59 Å². The summed E-state index contributed by atoms with van der Waals surface area (Å²) in [4.78, 5) is 28.1. The maximum absolute atomic E-state index is 12.2. The summed E-state index contributed by atoms with van der Waals surface area (Å²) >= 11 is 0. The number of nitrogens with one attached hydrogen (secondary N) is 1. The van der Waals surface area contributed by atoms with E-state index in [1.807, 2.05) is 17.0 Å². The van der Waals surface area contributed by atoms with Crippen LogP contribution in [0.2, 0.25) is 0 Å². The standard InChI is InChI=1S/C19H27N3O2/c1-21-11-8-17(9-12-21)19(24)20-13-15-4-6-16(7-5-15)14-22-10-2-3-18(22)23/h4-7,17H,2-3,8-14H2,1H3,(H,20,24). The molecule has 130 valence electrons. The van der Waals surface area contributed by atoms with Gasteiger partial charge in [0.15, 0.2) is 0 Å². The molecule has 3 rings (SSSR count). The summed E-state index contributed by atoms with van der Waals surface area (Å²) in [6.07, 6.45) is 3.55. The second-order valence-corrected chi connectivity index (χ2v) is 7.03. The lowest BCUT2D eigenvalue weighted by Crippen LogP contribution is -2.38. The number of piperidine rings is 1. The highest BCUT2D eigenvalue weighted by atomic mass is 16.2. The van der Waals surface area contributed by atoms with E-state index < -0.39 is 0 Å². The zero-order valence-corrected chi connectivity index (χ0v) is 14.5. The van der Waals surface area contributed by atoms with Gasteiger partial charge in [0.1, 0.15) is 0 Å². The Morgan fingerprint density at radius 3 is 2.42 bits per heavy atom. The van der Waals surface area contributed by atoms with Crippen LogP contribution in [0.25, 0.3) is 0 Å². The minimum absolute atomic E-state index is 0.154. The molecule has 0 aliphatic carbocycles. The number of carbonyl (C=O) groups excluding carboxylic acids is 2. The van der Waals surface area contributed by atoms with E-state index in [9.17, 15) is 9.59 Å². The van der Waals surface area contributed by atoms with Crippen molar-refractivity contribution in [2.75, 3.05) is 26.7 Å². The molecule has 2 heterocycles. The first kappa shape index (κ1) is 17.0. The number of nitrogens with zero attached hydrogens (tertiary/aromatic N) is 2. The van der Waals surface area contributed by atoms with Crippen molar-refractivity contribution in [2.45, 2.75) is 38.8 Å². The van der Waals surface area contributed by atoms with Gasteiger partial charge in [-0.3, -0.25) is 9.59 Å². The number of hydrogen-bond donors (Lipinski definition) is 1. The van der Waals surface area contributed by atoms with E-state index in [0.717, 1.165) is 50.0 Å². The van der Waals surface area contributed by atoms with Gasteiger partial charge in [0.25, 0.3) is 0 Å². The van der Waals surface area contributed by atoms with Gasteiger partial charge in [-0.05, 0) is 50.5 Å². The lowest BCUT2D eigenvalue weighted by atomic mass is 9.96. The van der Waals surface area contributed by atoms with Gasteiger partial charge in [-0.15, -0.1) is 0 Å². The average Bonchev–Trinajstić information content (AvgIpc) is 2.99.